The molecule has 1 amide bonds. The van der Waals surface area contributed by atoms with E-state index in [1.807, 2.05) is 32.2 Å². The third kappa shape index (κ3) is 3.52. The third-order valence-electron chi connectivity index (χ3n) is 4.32. The van der Waals surface area contributed by atoms with Gasteiger partial charge >= 0.3 is 0 Å². The minimum absolute atomic E-state index is 0.246. The summed E-state index contributed by atoms with van der Waals surface area (Å²) in [5.41, 5.74) is 3.26. The van der Waals surface area contributed by atoms with Gasteiger partial charge < -0.3 is 10.1 Å². The van der Waals surface area contributed by atoms with E-state index in [1.54, 1.807) is 29.5 Å². The molecule has 0 radical (unpaired) electrons. The minimum Gasteiger partial charge on any atom is -0.481 e. The van der Waals surface area contributed by atoms with Crippen molar-refractivity contribution in [2.24, 2.45) is 7.05 Å². The Bertz CT molecular complexity index is 978. The SMILES string of the molecule is CCc1nn(C)c(OC)c1CNC(=O)c1nnn(-c2ccccc2Cl)c1C. The van der Waals surface area contributed by atoms with E-state index in [9.17, 15) is 4.79 Å². The van der Waals surface area contributed by atoms with Gasteiger partial charge in [0, 0.05) is 7.05 Å². The molecule has 0 atom stereocenters. The molecule has 0 bridgehead atoms. The summed E-state index contributed by atoms with van der Waals surface area (Å²) in [6, 6.07) is 7.26. The minimum atomic E-state index is -0.321. The van der Waals surface area contributed by atoms with E-state index in [-0.39, 0.29) is 18.1 Å². The van der Waals surface area contributed by atoms with Gasteiger partial charge in [-0.05, 0) is 25.5 Å². The highest BCUT2D eigenvalue weighted by Gasteiger charge is 2.21. The van der Waals surface area contributed by atoms with Crippen LogP contribution in [0.1, 0.15) is 34.4 Å². The zero-order chi connectivity index (χ0) is 19.6. The summed E-state index contributed by atoms with van der Waals surface area (Å²) < 4.78 is 8.62. The predicted molar refractivity (Wildman–Crippen MR) is 101 cm³/mol. The molecule has 0 unspecified atom stereocenters. The van der Waals surface area contributed by atoms with Crippen LogP contribution < -0.4 is 10.1 Å². The number of hydrogen-bond donors (Lipinski definition) is 1. The van der Waals surface area contributed by atoms with E-state index in [2.05, 4.69) is 20.7 Å². The number of nitrogens with one attached hydrogen (secondary N) is 1. The lowest BCUT2D eigenvalue weighted by atomic mass is 10.2. The van der Waals surface area contributed by atoms with Crippen LogP contribution in [-0.4, -0.2) is 37.8 Å². The largest absolute Gasteiger partial charge is 0.481 e. The molecule has 3 rings (SSSR count). The summed E-state index contributed by atoms with van der Waals surface area (Å²) in [4.78, 5) is 12.6. The van der Waals surface area contributed by atoms with Gasteiger partial charge in [-0.25, -0.2) is 9.36 Å². The first-order valence-corrected chi connectivity index (χ1v) is 8.89. The topological polar surface area (TPSA) is 86.9 Å². The highest BCUT2D eigenvalue weighted by atomic mass is 35.5. The molecule has 0 fully saturated rings. The summed E-state index contributed by atoms with van der Waals surface area (Å²) in [5, 5.41) is 15.9. The number of methoxy groups -OCH3 is 1. The van der Waals surface area contributed by atoms with Crippen molar-refractivity contribution in [3.8, 4) is 11.6 Å². The van der Waals surface area contributed by atoms with Crippen LogP contribution in [0.4, 0.5) is 0 Å². The number of hydrogen-bond acceptors (Lipinski definition) is 5. The first-order chi connectivity index (χ1) is 13.0. The van der Waals surface area contributed by atoms with Crippen LogP contribution in [0, 0.1) is 6.92 Å². The van der Waals surface area contributed by atoms with Crippen LogP contribution in [0.2, 0.25) is 5.02 Å². The second-order valence-electron chi connectivity index (χ2n) is 5.98. The van der Waals surface area contributed by atoms with Crippen LogP contribution in [0.3, 0.4) is 0 Å². The Morgan fingerprint density at radius 3 is 2.74 bits per heavy atom. The van der Waals surface area contributed by atoms with Crippen LogP contribution in [0.15, 0.2) is 24.3 Å². The Balaban J connectivity index is 1.82. The monoisotopic (exact) mass is 388 g/mol. The van der Waals surface area contributed by atoms with Crippen molar-refractivity contribution < 1.29 is 9.53 Å². The van der Waals surface area contributed by atoms with Gasteiger partial charge in [0.1, 0.15) is 0 Å². The number of aryl methyl sites for hydroxylation is 2. The van der Waals surface area contributed by atoms with Gasteiger partial charge in [0.2, 0.25) is 5.88 Å². The predicted octanol–water partition coefficient (Wildman–Crippen LogP) is 2.46. The van der Waals surface area contributed by atoms with Gasteiger partial charge in [-0.15, -0.1) is 5.10 Å². The summed E-state index contributed by atoms with van der Waals surface area (Å²) in [6.45, 7) is 4.07. The molecule has 9 heteroatoms. The number of halogens is 1. The van der Waals surface area contributed by atoms with Gasteiger partial charge in [0.25, 0.3) is 5.91 Å². The standard InChI is InChI=1S/C18H21ClN6O2/c1-5-14-12(18(27-4)24(3)22-14)10-20-17(26)16-11(2)25(23-21-16)15-9-7-6-8-13(15)19/h6-9H,5,10H2,1-4H3,(H,20,26). The Morgan fingerprint density at radius 2 is 2.07 bits per heavy atom. The third-order valence-corrected chi connectivity index (χ3v) is 4.63. The zero-order valence-electron chi connectivity index (χ0n) is 15.7. The van der Waals surface area contributed by atoms with Gasteiger partial charge in [0.15, 0.2) is 5.69 Å². The Morgan fingerprint density at radius 1 is 1.33 bits per heavy atom. The molecule has 1 aromatic carbocycles. The number of amides is 1. The number of carbonyl (C=O) groups excluding carboxylic acids is 1. The van der Waals surface area contributed by atoms with Crippen LogP contribution >= 0.6 is 11.6 Å². The zero-order valence-corrected chi connectivity index (χ0v) is 16.4. The molecule has 8 nitrogen and oxygen atoms in total. The maximum atomic E-state index is 12.6. The number of para-hydroxylation sites is 1. The number of aromatic nitrogens is 5. The number of carbonyl (C=O) groups is 1. The number of ether oxygens (including phenoxy) is 1. The molecular formula is C18H21ClN6O2. The second-order valence-corrected chi connectivity index (χ2v) is 6.39. The summed E-state index contributed by atoms with van der Waals surface area (Å²) in [6.07, 6.45) is 0.740. The molecule has 2 aromatic heterocycles. The van der Waals surface area contributed by atoms with Crippen molar-refractivity contribution in [1.82, 2.24) is 30.1 Å². The van der Waals surface area contributed by atoms with Crippen LogP contribution in [0.5, 0.6) is 5.88 Å². The molecule has 1 N–H and O–H groups in total. The van der Waals surface area contributed by atoms with Crippen molar-refractivity contribution in [3.05, 3.63) is 51.9 Å². The molecule has 0 aliphatic rings. The average Bonchev–Trinajstić information content (AvgIpc) is 3.19. The van der Waals surface area contributed by atoms with Gasteiger partial charge in [-0.2, -0.15) is 5.10 Å². The van der Waals surface area contributed by atoms with E-state index in [0.717, 1.165) is 17.7 Å². The maximum absolute atomic E-state index is 12.6. The van der Waals surface area contributed by atoms with E-state index >= 15 is 0 Å². The van der Waals surface area contributed by atoms with E-state index in [1.165, 1.54) is 0 Å². The Kier molecular flexibility index (Phi) is 5.46. The molecule has 0 spiro atoms. The molecular weight excluding hydrogens is 368 g/mol. The normalized spacial score (nSPS) is 10.9. The van der Waals surface area contributed by atoms with Crippen molar-refractivity contribution in [1.29, 1.82) is 0 Å². The fraction of sp³-hybridized carbons (Fsp3) is 0.333. The Labute approximate surface area is 162 Å². The summed E-state index contributed by atoms with van der Waals surface area (Å²) in [5.74, 6) is 0.308. The number of benzene rings is 1. The van der Waals surface area contributed by atoms with E-state index in [0.29, 0.717) is 22.3 Å². The molecule has 0 aliphatic carbocycles. The average molecular weight is 389 g/mol. The smallest absolute Gasteiger partial charge is 0.274 e. The van der Waals surface area contributed by atoms with Crippen LogP contribution in [-0.2, 0) is 20.0 Å². The lowest BCUT2D eigenvalue weighted by Crippen LogP contribution is -2.24. The van der Waals surface area contributed by atoms with Gasteiger partial charge in [-0.3, -0.25) is 4.79 Å². The van der Waals surface area contributed by atoms with E-state index < -0.39 is 0 Å². The molecule has 0 aliphatic heterocycles. The molecule has 0 saturated heterocycles. The second kappa shape index (κ2) is 7.79. The molecule has 142 valence electrons. The fourth-order valence-corrected chi connectivity index (χ4v) is 3.18. The molecule has 0 saturated carbocycles. The van der Waals surface area contributed by atoms with Crippen molar-refractivity contribution >= 4 is 17.5 Å². The van der Waals surface area contributed by atoms with Gasteiger partial charge in [0.05, 0.1) is 41.3 Å². The highest BCUT2D eigenvalue weighted by molar-refractivity contribution is 6.32. The lowest BCUT2D eigenvalue weighted by Gasteiger charge is -2.08. The van der Waals surface area contributed by atoms with Gasteiger partial charge in [-0.1, -0.05) is 35.9 Å². The lowest BCUT2D eigenvalue weighted by molar-refractivity contribution is 0.0945. The molecule has 3 aromatic rings. The first-order valence-electron chi connectivity index (χ1n) is 8.52. The first kappa shape index (κ1) is 18.9. The molecule has 27 heavy (non-hydrogen) atoms. The number of rotatable bonds is 6. The van der Waals surface area contributed by atoms with Crippen molar-refractivity contribution in [3.63, 3.8) is 0 Å². The highest BCUT2D eigenvalue weighted by Crippen LogP contribution is 2.23. The maximum Gasteiger partial charge on any atom is 0.274 e. The van der Waals surface area contributed by atoms with Crippen molar-refractivity contribution in [2.75, 3.05) is 7.11 Å². The fourth-order valence-electron chi connectivity index (χ4n) is 2.97. The number of nitrogens with zero attached hydrogens (tertiary/aromatic N) is 5. The van der Waals surface area contributed by atoms with Crippen LogP contribution in [0.25, 0.3) is 5.69 Å². The summed E-state index contributed by atoms with van der Waals surface area (Å²) in [7, 11) is 3.39. The van der Waals surface area contributed by atoms with Crippen molar-refractivity contribution in [2.45, 2.75) is 26.8 Å². The van der Waals surface area contributed by atoms with E-state index in [4.69, 9.17) is 16.3 Å². The quantitative estimate of drug-likeness (QED) is 0.700. The Hall–Kier alpha value is -2.87. The summed E-state index contributed by atoms with van der Waals surface area (Å²) >= 11 is 6.22. The molecule has 2 heterocycles.